The molecule has 1 aromatic carbocycles. The lowest BCUT2D eigenvalue weighted by molar-refractivity contribution is 0.0949. The van der Waals surface area contributed by atoms with Crippen LogP contribution in [0.25, 0.3) is 0 Å². The van der Waals surface area contributed by atoms with E-state index in [1.54, 1.807) is 17.5 Å². The fourth-order valence-electron chi connectivity index (χ4n) is 1.78. The van der Waals surface area contributed by atoms with Crippen LogP contribution >= 0.6 is 34.5 Å². The Morgan fingerprint density at radius 3 is 2.86 bits per heavy atom. The predicted molar refractivity (Wildman–Crippen MR) is 87.4 cm³/mol. The van der Waals surface area contributed by atoms with E-state index in [9.17, 15) is 4.79 Å². The number of amides is 1. The number of carbonyl (C=O) groups excluding carboxylic acids is 1. The summed E-state index contributed by atoms with van der Waals surface area (Å²) in [6.45, 7) is 1.02. The summed E-state index contributed by atoms with van der Waals surface area (Å²) in [6.07, 6.45) is 1.33. The van der Waals surface area contributed by atoms with E-state index < -0.39 is 0 Å². The van der Waals surface area contributed by atoms with Gasteiger partial charge >= 0.3 is 0 Å². The standard InChI is InChI=1S/C14H15Cl2N3OS/c15-10-2-1-9(11(16)7-10)4-6-18-14(20)12-8-21-13(19-12)3-5-17/h1-2,7-8H,3-6,17H2,(H,18,20). The first-order chi connectivity index (χ1) is 10.1. The number of hydrogen-bond donors (Lipinski definition) is 2. The lowest BCUT2D eigenvalue weighted by atomic mass is 10.1. The molecule has 2 rings (SSSR count). The van der Waals surface area contributed by atoms with E-state index in [-0.39, 0.29) is 5.91 Å². The van der Waals surface area contributed by atoms with Crippen LogP contribution in [-0.2, 0) is 12.8 Å². The van der Waals surface area contributed by atoms with E-state index in [1.807, 2.05) is 6.07 Å². The molecule has 0 saturated carbocycles. The maximum absolute atomic E-state index is 11.9. The largest absolute Gasteiger partial charge is 0.350 e. The van der Waals surface area contributed by atoms with Gasteiger partial charge in [0.2, 0.25) is 0 Å². The highest BCUT2D eigenvalue weighted by molar-refractivity contribution is 7.09. The van der Waals surface area contributed by atoms with Gasteiger partial charge in [-0.25, -0.2) is 4.98 Å². The molecule has 0 bridgehead atoms. The number of benzene rings is 1. The predicted octanol–water partition coefficient (Wildman–Crippen LogP) is 2.92. The number of nitrogens with zero attached hydrogens (tertiary/aromatic N) is 1. The van der Waals surface area contributed by atoms with Gasteiger partial charge in [-0.3, -0.25) is 4.79 Å². The summed E-state index contributed by atoms with van der Waals surface area (Å²) in [4.78, 5) is 16.2. The van der Waals surface area contributed by atoms with Crippen molar-refractivity contribution in [3.05, 3.63) is 49.9 Å². The Balaban J connectivity index is 1.86. The van der Waals surface area contributed by atoms with E-state index in [4.69, 9.17) is 28.9 Å². The highest BCUT2D eigenvalue weighted by atomic mass is 35.5. The maximum Gasteiger partial charge on any atom is 0.270 e. The van der Waals surface area contributed by atoms with Crippen molar-refractivity contribution in [2.24, 2.45) is 5.73 Å². The van der Waals surface area contributed by atoms with Gasteiger partial charge < -0.3 is 11.1 Å². The van der Waals surface area contributed by atoms with Crippen LogP contribution in [-0.4, -0.2) is 24.0 Å². The molecule has 0 fully saturated rings. The smallest absolute Gasteiger partial charge is 0.270 e. The van der Waals surface area contributed by atoms with E-state index in [2.05, 4.69) is 10.3 Å². The summed E-state index contributed by atoms with van der Waals surface area (Å²) >= 11 is 13.4. The zero-order valence-corrected chi connectivity index (χ0v) is 13.6. The lowest BCUT2D eigenvalue weighted by Crippen LogP contribution is -2.26. The molecule has 0 aliphatic rings. The van der Waals surface area contributed by atoms with Gasteiger partial charge in [0.15, 0.2) is 0 Å². The fraction of sp³-hybridized carbons (Fsp3) is 0.286. The normalized spacial score (nSPS) is 10.6. The number of carbonyl (C=O) groups is 1. The Kier molecular flexibility index (Phi) is 5.99. The van der Waals surface area contributed by atoms with Crippen molar-refractivity contribution < 1.29 is 4.79 Å². The molecule has 1 aromatic heterocycles. The van der Waals surface area contributed by atoms with Crippen molar-refractivity contribution in [3.63, 3.8) is 0 Å². The second kappa shape index (κ2) is 7.75. The molecule has 0 spiro atoms. The molecule has 112 valence electrons. The van der Waals surface area contributed by atoms with Crippen molar-refractivity contribution in [1.29, 1.82) is 0 Å². The molecule has 0 aliphatic heterocycles. The Labute approximate surface area is 137 Å². The minimum absolute atomic E-state index is 0.181. The third-order valence-electron chi connectivity index (χ3n) is 2.84. The summed E-state index contributed by atoms with van der Waals surface area (Å²) in [5.41, 5.74) is 6.84. The van der Waals surface area contributed by atoms with Gasteiger partial charge in [0.05, 0.1) is 5.01 Å². The molecule has 1 amide bonds. The van der Waals surface area contributed by atoms with Crippen LogP contribution in [0.5, 0.6) is 0 Å². The van der Waals surface area contributed by atoms with Crippen LogP contribution < -0.4 is 11.1 Å². The van der Waals surface area contributed by atoms with E-state index in [0.29, 0.717) is 41.7 Å². The summed E-state index contributed by atoms with van der Waals surface area (Å²) in [5.74, 6) is -0.181. The number of rotatable bonds is 6. The van der Waals surface area contributed by atoms with Crippen LogP contribution in [0.3, 0.4) is 0 Å². The van der Waals surface area contributed by atoms with Gasteiger partial charge in [-0.1, -0.05) is 29.3 Å². The topological polar surface area (TPSA) is 68.0 Å². The van der Waals surface area contributed by atoms with Crippen LogP contribution in [0, 0.1) is 0 Å². The van der Waals surface area contributed by atoms with Crippen molar-refractivity contribution >= 4 is 40.4 Å². The first-order valence-electron chi connectivity index (χ1n) is 6.46. The number of nitrogens with one attached hydrogen (secondary N) is 1. The van der Waals surface area contributed by atoms with E-state index in [0.717, 1.165) is 10.6 Å². The first-order valence-corrected chi connectivity index (χ1v) is 8.10. The van der Waals surface area contributed by atoms with Crippen LogP contribution in [0.2, 0.25) is 10.0 Å². The SMILES string of the molecule is NCCc1nc(C(=O)NCCc2ccc(Cl)cc2Cl)cs1. The average molecular weight is 344 g/mol. The number of aromatic nitrogens is 1. The van der Waals surface area contributed by atoms with E-state index >= 15 is 0 Å². The molecule has 4 nitrogen and oxygen atoms in total. The van der Waals surface area contributed by atoms with Gasteiger partial charge in [0, 0.05) is 28.4 Å². The Morgan fingerprint density at radius 2 is 2.14 bits per heavy atom. The molecule has 0 radical (unpaired) electrons. The van der Waals surface area contributed by atoms with Gasteiger partial charge in [0.1, 0.15) is 5.69 Å². The summed E-state index contributed by atoms with van der Waals surface area (Å²) in [7, 11) is 0. The Bertz CT molecular complexity index is 630. The Morgan fingerprint density at radius 1 is 1.33 bits per heavy atom. The maximum atomic E-state index is 11.9. The molecule has 0 aliphatic carbocycles. The van der Waals surface area contributed by atoms with Crippen molar-refractivity contribution in [2.75, 3.05) is 13.1 Å². The fourth-order valence-corrected chi connectivity index (χ4v) is 3.08. The highest BCUT2D eigenvalue weighted by Crippen LogP contribution is 2.21. The van der Waals surface area contributed by atoms with Gasteiger partial charge in [0.25, 0.3) is 5.91 Å². The number of nitrogens with two attached hydrogens (primary N) is 1. The second-order valence-corrected chi connectivity index (χ2v) is 6.19. The summed E-state index contributed by atoms with van der Waals surface area (Å²) < 4.78 is 0. The average Bonchev–Trinajstić information content (AvgIpc) is 2.90. The third kappa shape index (κ3) is 4.68. The molecule has 0 saturated heterocycles. The number of halogens is 2. The van der Waals surface area contributed by atoms with Crippen LogP contribution in [0.1, 0.15) is 21.1 Å². The van der Waals surface area contributed by atoms with Crippen molar-refractivity contribution in [2.45, 2.75) is 12.8 Å². The minimum atomic E-state index is -0.181. The molecule has 0 atom stereocenters. The quantitative estimate of drug-likeness (QED) is 0.847. The zero-order valence-electron chi connectivity index (χ0n) is 11.2. The summed E-state index contributed by atoms with van der Waals surface area (Å²) in [5, 5.41) is 6.66. The molecule has 1 heterocycles. The second-order valence-electron chi connectivity index (χ2n) is 4.41. The summed E-state index contributed by atoms with van der Waals surface area (Å²) in [6, 6.07) is 5.34. The van der Waals surface area contributed by atoms with Crippen molar-refractivity contribution in [3.8, 4) is 0 Å². The molecular formula is C14H15Cl2N3OS. The number of hydrogen-bond acceptors (Lipinski definition) is 4. The zero-order chi connectivity index (χ0) is 15.2. The van der Waals surface area contributed by atoms with Crippen molar-refractivity contribution in [1.82, 2.24) is 10.3 Å². The van der Waals surface area contributed by atoms with Gasteiger partial charge in [-0.2, -0.15) is 0 Å². The monoisotopic (exact) mass is 343 g/mol. The lowest BCUT2D eigenvalue weighted by Gasteiger charge is -2.06. The first kappa shape index (κ1) is 16.2. The molecule has 2 aromatic rings. The molecule has 3 N–H and O–H groups in total. The van der Waals surface area contributed by atoms with Crippen LogP contribution in [0.4, 0.5) is 0 Å². The number of thiazole rings is 1. The van der Waals surface area contributed by atoms with Crippen LogP contribution in [0.15, 0.2) is 23.6 Å². The molecule has 0 unspecified atom stereocenters. The minimum Gasteiger partial charge on any atom is -0.350 e. The van der Waals surface area contributed by atoms with E-state index in [1.165, 1.54) is 11.3 Å². The molecule has 7 heteroatoms. The molecule has 21 heavy (non-hydrogen) atoms. The molecular weight excluding hydrogens is 329 g/mol. The van der Waals surface area contributed by atoms with Gasteiger partial charge in [-0.15, -0.1) is 11.3 Å². The highest BCUT2D eigenvalue weighted by Gasteiger charge is 2.10. The Hall–Kier alpha value is -1.14. The van der Waals surface area contributed by atoms with Gasteiger partial charge in [-0.05, 0) is 30.7 Å². The third-order valence-corrected chi connectivity index (χ3v) is 4.33.